The molecule has 1 saturated heterocycles. The van der Waals surface area contributed by atoms with E-state index in [1.54, 1.807) is 26.8 Å². The zero-order valence-electron chi connectivity index (χ0n) is 18.0. The van der Waals surface area contributed by atoms with Crippen LogP contribution >= 0.6 is 0 Å². The molecule has 0 bridgehead atoms. The number of hydrogen-bond acceptors (Lipinski definition) is 7. The molecule has 8 nitrogen and oxygen atoms in total. The van der Waals surface area contributed by atoms with Crippen molar-refractivity contribution in [2.45, 2.75) is 50.3 Å². The number of alkyl halides is 3. The molecule has 1 amide bonds. The van der Waals surface area contributed by atoms with Crippen molar-refractivity contribution in [2.24, 2.45) is 0 Å². The minimum atomic E-state index is -5.93. The molecule has 0 radical (unpaired) electrons. The van der Waals surface area contributed by atoms with Crippen LogP contribution in [0.2, 0.25) is 0 Å². The average molecular weight is 479 g/mol. The van der Waals surface area contributed by atoms with Gasteiger partial charge in [-0.3, -0.25) is 0 Å². The van der Waals surface area contributed by atoms with Crippen molar-refractivity contribution in [3.63, 3.8) is 0 Å². The SMILES string of the molecule is COc1cccc2c1C(OS(=O)(=O)C(F)(F)F)=CC1(CCN(C(=O)OC(C)(C)C)CC1)O2. The molecule has 0 aliphatic carbocycles. The monoisotopic (exact) mass is 479 g/mol. The number of ether oxygens (including phenoxy) is 3. The lowest BCUT2D eigenvalue weighted by Crippen LogP contribution is -2.50. The first-order valence-electron chi connectivity index (χ1n) is 9.74. The molecular weight excluding hydrogens is 455 g/mol. The molecular formula is C20H24F3NO7S. The van der Waals surface area contributed by atoms with E-state index in [1.807, 2.05) is 0 Å². The third-order valence-electron chi connectivity index (χ3n) is 4.91. The maximum Gasteiger partial charge on any atom is 0.534 e. The van der Waals surface area contributed by atoms with Gasteiger partial charge in [0.15, 0.2) is 5.76 Å². The normalized spacial score (nSPS) is 18.3. The van der Waals surface area contributed by atoms with Gasteiger partial charge >= 0.3 is 21.7 Å². The first-order chi connectivity index (χ1) is 14.7. The van der Waals surface area contributed by atoms with Gasteiger partial charge in [-0.15, -0.1) is 0 Å². The summed E-state index contributed by atoms with van der Waals surface area (Å²) in [6, 6.07) is 4.49. The molecule has 1 aromatic carbocycles. The van der Waals surface area contributed by atoms with E-state index in [1.165, 1.54) is 30.2 Å². The van der Waals surface area contributed by atoms with Gasteiger partial charge in [-0.1, -0.05) is 6.07 Å². The Labute approximate surface area is 184 Å². The van der Waals surface area contributed by atoms with Crippen molar-refractivity contribution in [1.29, 1.82) is 0 Å². The second kappa shape index (κ2) is 8.05. The first-order valence-corrected chi connectivity index (χ1v) is 11.2. The summed E-state index contributed by atoms with van der Waals surface area (Å²) in [5.74, 6) is -0.330. The Balaban J connectivity index is 1.93. The highest BCUT2D eigenvalue weighted by Gasteiger charge is 2.51. The molecule has 3 rings (SSSR count). The Kier molecular flexibility index (Phi) is 6.05. The molecule has 0 unspecified atom stereocenters. The summed E-state index contributed by atoms with van der Waals surface area (Å²) in [7, 11) is -4.64. The smallest absolute Gasteiger partial charge is 0.496 e. The van der Waals surface area contributed by atoms with Crippen LogP contribution in [0, 0.1) is 0 Å². The standard InChI is InChI=1S/C20H24F3NO7S/c1-18(2,3)30-17(25)24-10-8-19(9-11-24)12-15(31-32(26,27)20(21,22)23)16-13(28-4)6-5-7-14(16)29-19/h5-7,12H,8-11H2,1-4H3. The lowest BCUT2D eigenvalue weighted by Gasteiger charge is -2.42. The van der Waals surface area contributed by atoms with Crippen LogP contribution in [0.1, 0.15) is 39.2 Å². The zero-order valence-corrected chi connectivity index (χ0v) is 18.8. The number of rotatable bonds is 3. The number of carbonyl (C=O) groups is 1. The molecule has 2 heterocycles. The number of nitrogens with zero attached hydrogens (tertiary/aromatic N) is 1. The van der Waals surface area contributed by atoms with Crippen molar-refractivity contribution >= 4 is 22.0 Å². The largest absolute Gasteiger partial charge is 0.534 e. The van der Waals surface area contributed by atoms with Crippen LogP contribution in [0.4, 0.5) is 18.0 Å². The van der Waals surface area contributed by atoms with Crippen molar-refractivity contribution < 1.29 is 44.8 Å². The quantitative estimate of drug-likeness (QED) is 0.477. The third kappa shape index (κ3) is 4.89. The van der Waals surface area contributed by atoms with Crippen molar-refractivity contribution in [3.8, 4) is 11.5 Å². The fraction of sp³-hybridized carbons (Fsp3) is 0.550. The number of halogens is 3. The Morgan fingerprint density at radius 2 is 1.78 bits per heavy atom. The van der Waals surface area contributed by atoms with E-state index in [9.17, 15) is 26.4 Å². The molecule has 2 aliphatic heterocycles. The molecule has 0 saturated carbocycles. The molecule has 32 heavy (non-hydrogen) atoms. The van der Waals surface area contributed by atoms with Gasteiger partial charge in [-0.25, -0.2) is 4.79 Å². The van der Waals surface area contributed by atoms with E-state index >= 15 is 0 Å². The second-order valence-corrected chi connectivity index (χ2v) is 10.00. The van der Waals surface area contributed by atoms with E-state index in [0.717, 1.165) is 0 Å². The van der Waals surface area contributed by atoms with Gasteiger partial charge in [0.1, 0.15) is 28.3 Å². The van der Waals surface area contributed by atoms with Crippen LogP contribution in [-0.4, -0.2) is 56.3 Å². The maximum absolute atomic E-state index is 13.0. The van der Waals surface area contributed by atoms with Crippen molar-refractivity contribution in [2.75, 3.05) is 20.2 Å². The van der Waals surface area contributed by atoms with Gasteiger partial charge in [-0.05, 0) is 32.9 Å². The third-order valence-corrected chi connectivity index (χ3v) is 5.87. The predicted molar refractivity (Wildman–Crippen MR) is 107 cm³/mol. The number of hydrogen-bond donors (Lipinski definition) is 0. The van der Waals surface area contributed by atoms with Crippen LogP contribution in [0.5, 0.6) is 11.5 Å². The minimum Gasteiger partial charge on any atom is -0.496 e. The van der Waals surface area contributed by atoms with Crippen LogP contribution in [0.15, 0.2) is 24.3 Å². The fourth-order valence-corrected chi connectivity index (χ4v) is 3.90. The summed E-state index contributed by atoms with van der Waals surface area (Å²) < 4.78 is 83.6. The number of amides is 1. The second-order valence-electron chi connectivity index (χ2n) is 8.46. The van der Waals surface area contributed by atoms with E-state index in [-0.39, 0.29) is 43.0 Å². The van der Waals surface area contributed by atoms with Gasteiger partial charge in [0, 0.05) is 32.0 Å². The highest BCUT2D eigenvalue weighted by atomic mass is 32.2. The Morgan fingerprint density at radius 1 is 1.16 bits per heavy atom. The molecule has 178 valence electrons. The Morgan fingerprint density at radius 3 is 2.31 bits per heavy atom. The van der Waals surface area contributed by atoms with E-state index < -0.39 is 38.7 Å². The van der Waals surface area contributed by atoms with Crippen LogP contribution in [-0.2, 0) is 19.0 Å². The van der Waals surface area contributed by atoms with Crippen LogP contribution in [0.25, 0.3) is 5.76 Å². The summed E-state index contributed by atoms with van der Waals surface area (Å²) in [5, 5.41) is 0. The lowest BCUT2D eigenvalue weighted by molar-refractivity contribution is -0.0512. The summed E-state index contributed by atoms with van der Waals surface area (Å²) in [6.45, 7) is 5.57. The lowest BCUT2D eigenvalue weighted by atomic mass is 9.87. The van der Waals surface area contributed by atoms with E-state index in [2.05, 4.69) is 4.18 Å². The van der Waals surface area contributed by atoms with Crippen molar-refractivity contribution in [1.82, 2.24) is 4.90 Å². The Bertz CT molecular complexity index is 1020. The predicted octanol–water partition coefficient (Wildman–Crippen LogP) is 4.06. The molecule has 0 atom stereocenters. The average Bonchev–Trinajstić information content (AvgIpc) is 2.65. The fourth-order valence-electron chi connectivity index (χ4n) is 3.44. The van der Waals surface area contributed by atoms with E-state index in [0.29, 0.717) is 0 Å². The van der Waals surface area contributed by atoms with E-state index in [4.69, 9.17) is 14.2 Å². The molecule has 1 spiro atoms. The summed E-state index contributed by atoms with van der Waals surface area (Å²) in [5.41, 5.74) is -7.51. The molecule has 0 N–H and O–H groups in total. The number of piperidine rings is 1. The topological polar surface area (TPSA) is 91.4 Å². The number of benzene rings is 1. The molecule has 1 fully saturated rings. The molecule has 12 heteroatoms. The molecule has 0 aromatic heterocycles. The number of methoxy groups -OCH3 is 1. The highest BCUT2D eigenvalue weighted by molar-refractivity contribution is 7.87. The minimum absolute atomic E-state index is 0.0389. The van der Waals surface area contributed by atoms with Gasteiger partial charge in [0.2, 0.25) is 0 Å². The van der Waals surface area contributed by atoms with Gasteiger partial charge in [0.05, 0.1) is 7.11 Å². The maximum atomic E-state index is 13.0. The van der Waals surface area contributed by atoms with Crippen LogP contribution in [0.3, 0.4) is 0 Å². The van der Waals surface area contributed by atoms with Gasteiger partial charge in [0.25, 0.3) is 0 Å². The van der Waals surface area contributed by atoms with Crippen LogP contribution < -0.4 is 9.47 Å². The number of carbonyl (C=O) groups excluding carboxylic acids is 1. The summed E-state index contributed by atoms with van der Waals surface area (Å²) in [6.07, 6.45) is 1.06. The highest BCUT2D eigenvalue weighted by Crippen LogP contribution is 2.46. The van der Waals surface area contributed by atoms with Crippen molar-refractivity contribution in [3.05, 3.63) is 29.8 Å². The van der Waals surface area contributed by atoms with Gasteiger partial charge < -0.3 is 23.3 Å². The number of likely N-dealkylation sites (tertiary alicyclic amines) is 1. The zero-order chi connectivity index (χ0) is 23.9. The Hall–Kier alpha value is -2.63. The van der Waals surface area contributed by atoms with Gasteiger partial charge in [-0.2, -0.15) is 21.6 Å². The summed E-state index contributed by atoms with van der Waals surface area (Å²) in [4.78, 5) is 13.8. The summed E-state index contributed by atoms with van der Waals surface area (Å²) >= 11 is 0. The number of fused-ring (bicyclic) bond motifs is 1. The molecule has 2 aliphatic rings. The molecule has 1 aromatic rings. The first kappa shape index (κ1) is 24.0.